The van der Waals surface area contributed by atoms with Crippen molar-refractivity contribution in [3.8, 4) is 5.75 Å². The maximum absolute atomic E-state index is 9.77. The van der Waals surface area contributed by atoms with Crippen molar-refractivity contribution < 1.29 is 14.6 Å². The molecule has 1 unspecified atom stereocenters. The maximum atomic E-state index is 9.77. The number of hydrogen-bond acceptors (Lipinski definition) is 5. The van der Waals surface area contributed by atoms with E-state index in [1.54, 1.807) is 13.2 Å². The number of rotatable bonds is 7. The fourth-order valence-corrected chi connectivity index (χ4v) is 2.26. The van der Waals surface area contributed by atoms with Crippen molar-refractivity contribution in [2.24, 2.45) is 0 Å². The number of nitrogen functional groups attached to an aromatic ring is 1. The van der Waals surface area contributed by atoms with Gasteiger partial charge in [-0.2, -0.15) is 0 Å². The average Bonchev–Trinajstić information content (AvgIpc) is 2.34. The lowest BCUT2D eigenvalue weighted by Crippen LogP contribution is -2.20. The van der Waals surface area contributed by atoms with Gasteiger partial charge in [0.15, 0.2) is 0 Å². The molecule has 0 aliphatic rings. The molecule has 102 valence electrons. The van der Waals surface area contributed by atoms with Crippen molar-refractivity contribution in [2.75, 3.05) is 25.2 Å². The zero-order chi connectivity index (χ0) is 13.5. The Labute approximate surface area is 112 Å². The molecule has 0 aliphatic carbocycles. The van der Waals surface area contributed by atoms with Gasteiger partial charge in [-0.3, -0.25) is 0 Å². The highest BCUT2D eigenvalue weighted by atomic mass is 32.2. The van der Waals surface area contributed by atoms with E-state index >= 15 is 0 Å². The maximum Gasteiger partial charge on any atom is 0.134 e. The van der Waals surface area contributed by atoms with Crippen LogP contribution in [0.2, 0.25) is 0 Å². The molecule has 0 radical (unpaired) electrons. The highest BCUT2D eigenvalue weighted by Crippen LogP contribution is 2.31. The summed E-state index contributed by atoms with van der Waals surface area (Å²) < 4.78 is 10.6. The van der Waals surface area contributed by atoms with Gasteiger partial charge in [-0.15, -0.1) is 11.8 Å². The Morgan fingerprint density at radius 2 is 2.11 bits per heavy atom. The third-order valence-corrected chi connectivity index (χ3v) is 3.44. The molecule has 18 heavy (non-hydrogen) atoms. The number of anilines is 1. The predicted molar refractivity (Wildman–Crippen MR) is 75.2 cm³/mol. The molecule has 1 atom stereocenters. The topological polar surface area (TPSA) is 64.7 Å². The highest BCUT2D eigenvalue weighted by Gasteiger charge is 2.09. The minimum atomic E-state index is -0.486. The van der Waals surface area contributed by atoms with E-state index in [1.807, 2.05) is 26.0 Å². The lowest BCUT2D eigenvalue weighted by molar-refractivity contribution is 0.0152. The molecule has 5 heteroatoms. The van der Waals surface area contributed by atoms with Crippen LogP contribution in [-0.2, 0) is 4.74 Å². The second-order valence-electron chi connectivity index (χ2n) is 4.26. The predicted octanol–water partition coefficient (Wildman–Crippen LogP) is 2.16. The summed E-state index contributed by atoms with van der Waals surface area (Å²) in [6.07, 6.45) is -0.352. The van der Waals surface area contributed by atoms with Crippen LogP contribution in [-0.4, -0.2) is 36.8 Å². The van der Waals surface area contributed by atoms with Crippen LogP contribution in [0.1, 0.15) is 13.8 Å². The zero-order valence-corrected chi connectivity index (χ0v) is 11.9. The van der Waals surface area contributed by atoms with Crippen molar-refractivity contribution in [1.82, 2.24) is 0 Å². The molecule has 0 amide bonds. The van der Waals surface area contributed by atoms with Gasteiger partial charge in [0.05, 0.1) is 25.9 Å². The summed E-state index contributed by atoms with van der Waals surface area (Å²) in [4.78, 5) is 0.968. The molecule has 0 saturated heterocycles. The second kappa shape index (κ2) is 7.51. The third kappa shape index (κ3) is 5.16. The molecule has 4 nitrogen and oxygen atoms in total. The standard InChI is InChI=1S/C13H21NO3S/c1-9(2)17-7-11(15)8-18-13-5-4-10(14)6-12(13)16-3/h4-6,9,11,15H,7-8,14H2,1-3H3. The molecule has 1 rings (SSSR count). The number of hydrogen-bond donors (Lipinski definition) is 2. The third-order valence-electron chi connectivity index (χ3n) is 2.24. The summed E-state index contributed by atoms with van der Waals surface area (Å²) in [6.45, 7) is 4.24. The largest absolute Gasteiger partial charge is 0.496 e. The quantitative estimate of drug-likeness (QED) is 0.587. The van der Waals surface area contributed by atoms with Crippen LogP contribution in [0, 0.1) is 0 Å². The summed E-state index contributed by atoms with van der Waals surface area (Å²) in [7, 11) is 1.61. The molecule has 1 aromatic rings. The Balaban J connectivity index is 2.47. The number of methoxy groups -OCH3 is 1. The molecule has 0 saturated carbocycles. The van der Waals surface area contributed by atoms with E-state index in [0.717, 1.165) is 10.6 Å². The van der Waals surface area contributed by atoms with E-state index < -0.39 is 6.10 Å². The summed E-state index contributed by atoms with van der Waals surface area (Å²) in [5.41, 5.74) is 6.35. The minimum Gasteiger partial charge on any atom is -0.496 e. The molecule has 0 bridgehead atoms. The monoisotopic (exact) mass is 271 g/mol. The van der Waals surface area contributed by atoms with Crippen LogP contribution in [0.3, 0.4) is 0 Å². The molecular weight excluding hydrogens is 250 g/mol. The molecule has 3 N–H and O–H groups in total. The molecule has 0 aromatic heterocycles. The van der Waals surface area contributed by atoms with Crippen LogP contribution < -0.4 is 10.5 Å². The lowest BCUT2D eigenvalue weighted by Gasteiger charge is -2.14. The number of aliphatic hydroxyl groups is 1. The Kier molecular flexibility index (Phi) is 6.32. The average molecular weight is 271 g/mol. The minimum absolute atomic E-state index is 0.135. The fourth-order valence-electron chi connectivity index (χ4n) is 1.34. The summed E-state index contributed by atoms with van der Waals surface area (Å²) >= 11 is 1.53. The molecule has 0 spiro atoms. The SMILES string of the molecule is COc1cc(N)ccc1SCC(O)COC(C)C. The first-order chi connectivity index (χ1) is 8.52. The van der Waals surface area contributed by atoms with Crippen LogP contribution in [0.25, 0.3) is 0 Å². The van der Waals surface area contributed by atoms with E-state index in [4.69, 9.17) is 15.2 Å². The van der Waals surface area contributed by atoms with Gasteiger partial charge in [-0.05, 0) is 26.0 Å². The normalized spacial score (nSPS) is 12.7. The summed E-state index contributed by atoms with van der Waals surface area (Å²) in [6, 6.07) is 5.50. The molecule has 1 aromatic carbocycles. The van der Waals surface area contributed by atoms with Crippen LogP contribution >= 0.6 is 11.8 Å². The number of nitrogens with two attached hydrogens (primary N) is 1. The number of benzene rings is 1. The van der Waals surface area contributed by atoms with Gasteiger partial charge in [-0.25, -0.2) is 0 Å². The van der Waals surface area contributed by atoms with E-state index in [0.29, 0.717) is 18.0 Å². The number of aliphatic hydroxyl groups excluding tert-OH is 1. The summed E-state index contributed by atoms with van der Waals surface area (Å²) in [5.74, 6) is 1.30. The van der Waals surface area contributed by atoms with Crippen LogP contribution in [0.4, 0.5) is 5.69 Å². The van der Waals surface area contributed by atoms with Crippen molar-refractivity contribution in [3.63, 3.8) is 0 Å². The zero-order valence-electron chi connectivity index (χ0n) is 11.1. The van der Waals surface area contributed by atoms with Crippen LogP contribution in [0.15, 0.2) is 23.1 Å². The van der Waals surface area contributed by atoms with Gasteiger partial charge in [0, 0.05) is 22.4 Å². The Bertz CT molecular complexity index is 371. The number of thioether (sulfide) groups is 1. The lowest BCUT2D eigenvalue weighted by atomic mass is 10.3. The first kappa shape index (κ1) is 15.1. The smallest absolute Gasteiger partial charge is 0.134 e. The van der Waals surface area contributed by atoms with Gasteiger partial charge in [0.2, 0.25) is 0 Å². The number of ether oxygens (including phenoxy) is 2. The van der Waals surface area contributed by atoms with Crippen molar-refractivity contribution in [3.05, 3.63) is 18.2 Å². The first-order valence-corrected chi connectivity index (χ1v) is 6.87. The van der Waals surface area contributed by atoms with E-state index in [9.17, 15) is 5.11 Å². The Morgan fingerprint density at radius 3 is 2.72 bits per heavy atom. The highest BCUT2D eigenvalue weighted by molar-refractivity contribution is 7.99. The Hall–Kier alpha value is -0.910. The van der Waals surface area contributed by atoms with E-state index in [2.05, 4.69) is 0 Å². The molecular formula is C13H21NO3S. The van der Waals surface area contributed by atoms with Crippen LogP contribution in [0.5, 0.6) is 5.75 Å². The molecule has 0 aliphatic heterocycles. The fraction of sp³-hybridized carbons (Fsp3) is 0.538. The molecule has 0 heterocycles. The van der Waals surface area contributed by atoms with Gasteiger partial charge in [-0.1, -0.05) is 0 Å². The van der Waals surface area contributed by atoms with E-state index in [-0.39, 0.29) is 6.10 Å². The summed E-state index contributed by atoms with van der Waals surface area (Å²) in [5, 5.41) is 9.77. The Morgan fingerprint density at radius 1 is 1.39 bits per heavy atom. The first-order valence-electron chi connectivity index (χ1n) is 5.89. The second-order valence-corrected chi connectivity index (χ2v) is 5.32. The van der Waals surface area contributed by atoms with E-state index in [1.165, 1.54) is 11.8 Å². The van der Waals surface area contributed by atoms with Gasteiger partial charge in [0.1, 0.15) is 5.75 Å². The van der Waals surface area contributed by atoms with Crippen molar-refractivity contribution in [1.29, 1.82) is 0 Å². The van der Waals surface area contributed by atoms with Crippen molar-refractivity contribution in [2.45, 2.75) is 31.0 Å². The van der Waals surface area contributed by atoms with Gasteiger partial charge >= 0.3 is 0 Å². The van der Waals surface area contributed by atoms with Crippen molar-refractivity contribution >= 4 is 17.4 Å². The van der Waals surface area contributed by atoms with Gasteiger partial charge < -0.3 is 20.3 Å². The molecule has 0 fully saturated rings. The van der Waals surface area contributed by atoms with Gasteiger partial charge in [0.25, 0.3) is 0 Å².